The third-order valence-corrected chi connectivity index (χ3v) is 2.08. The molecule has 0 aliphatic rings. The average molecular weight is 212 g/mol. The first-order valence-corrected chi connectivity index (χ1v) is 4.59. The fraction of sp³-hybridized carbons (Fsp3) is 0.364. The number of rotatable bonds is 4. The Bertz CT molecular complexity index is 374. The molecule has 1 aromatic carbocycles. The molecule has 0 unspecified atom stereocenters. The predicted molar refractivity (Wildman–Crippen MR) is 53.6 cm³/mol. The highest BCUT2D eigenvalue weighted by Crippen LogP contribution is 2.25. The third-order valence-electron chi connectivity index (χ3n) is 2.08. The number of ether oxygens (including phenoxy) is 1. The van der Waals surface area contributed by atoms with E-state index in [0.29, 0.717) is 5.56 Å². The van der Waals surface area contributed by atoms with E-state index >= 15 is 0 Å². The van der Waals surface area contributed by atoms with E-state index in [1.807, 2.05) is 0 Å². The van der Waals surface area contributed by atoms with Crippen molar-refractivity contribution >= 4 is 5.97 Å². The predicted octanol–water partition coefficient (Wildman–Crippen LogP) is 2.16. The number of carboxylic acids is 1. The van der Waals surface area contributed by atoms with Gasteiger partial charge in [0.15, 0.2) is 11.6 Å². The van der Waals surface area contributed by atoms with Crippen LogP contribution in [-0.2, 0) is 11.2 Å². The number of carboxylic acid groups (broad SMARTS) is 1. The Labute approximate surface area is 87.5 Å². The van der Waals surface area contributed by atoms with Crippen LogP contribution in [0.1, 0.15) is 17.5 Å². The standard InChI is InChI=1S/C11H13FO3/c1-7-5-8(3-4-10(13)14)11(15-2)9(12)6-7/h5-6H,3-4H2,1-2H3,(H,13,14). The lowest BCUT2D eigenvalue weighted by atomic mass is 10.1. The molecule has 0 spiro atoms. The summed E-state index contributed by atoms with van der Waals surface area (Å²) < 4.78 is 18.3. The minimum Gasteiger partial charge on any atom is -0.493 e. The molecule has 0 bridgehead atoms. The molecule has 0 aliphatic heterocycles. The van der Waals surface area contributed by atoms with Gasteiger partial charge in [0.05, 0.1) is 7.11 Å². The molecule has 0 saturated carbocycles. The Morgan fingerprint density at radius 1 is 1.53 bits per heavy atom. The molecule has 0 fully saturated rings. The largest absolute Gasteiger partial charge is 0.493 e. The summed E-state index contributed by atoms with van der Waals surface area (Å²) in [5.74, 6) is -1.21. The number of methoxy groups -OCH3 is 1. The van der Waals surface area contributed by atoms with E-state index in [-0.39, 0.29) is 18.6 Å². The van der Waals surface area contributed by atoms with Crippen LogP contribution in [0.25, 0.3) is 0 Å². The molecular weight excluding hydrogens is 199 g/mol. The first kappa shape index (κ1) is 11.5. The van der Waals surface area contributed by atoms with Crippen molar-refractivity contribution < 1.29 is 19.0 Å². The van der Waals surface area contributed by atoms with Gasteiger partial charge in [-0.15, -0.1) is 0 Å². The van der Waals surface area contributed by atoms with Crippen molar-refractivity contribution in [1.82, 2.24) is 0 Å². The molecule has 0 heterocycles. The van der Waals surface area contributed by atoms with Gasteiger partial charge < -0.3 is 9.84 Å². The maximum absolute atomic E-state index is 13.4. The van der Waals surface area contributed by atoms with Crippen molar-refractivity contribution in [2.45, 2.75) is 19.8 Å². The Kier molecular flexibility index (Phi) is 3.66. The molecule has 82 valence electrons. The van der Waals surface area contributed by atoms with E-state index in [2.05, 4.69) is 0 Å². The average Bonchev–Trinajstić information content (AvgIpc) is 2.13. The number of hydrogen-bond donors (Lipinski definition) is 1. The molecule has 0 saturated heterocycles. The summed E-state index contributed by atoms with van der Waals surface area (Å²) in [5.41, 5.74) is 1.35. The Morgan fingerprint density at radius 2 is 2.20 bits per heavy atom. The molecule has 1 N–H and O–H groups in total. The molecule has 0 aliphatic carbocycles. The Morgan fingerprint density at radius 3 is 2.73 bits per heavy atom. The quantitative estimate of drug-likeness (QED) is 0.831. The monoisotopic (exact) mass is 212 g/mol. The SMILES string of the molecule is COc1c(F)cc(C)cc1CCC(=O)O. The molecule has 1 rings (SSSR count). The van der Waals surface area contributed by atoms with Crippen LogP contribution >= 0.6 is 0 Å². The summed E-state index contributed by atoms with van der Waals surface area (Å²) >= 11 is 0. The van der Waals surface area contributed by atoms with Gasteiger partial charge in [-0.2, -0.15) is 0 Å². The molecule has 3 nitrogen and oxygen atoms in total. The van der Waals surface area contributed by atoms with Crippen LogP contribution in [0.2, 0.25) is 0 Å². The van der Waals surface area contributed by atoms with Crippen LogP contribution in [-0.4, -0.2) is 18.2 Å². The van der Waals surface area contributed by atoms with Crippen LogP contribution < -0.4 is 4.74 Å². The number of carbonyl (C=O) groups is 1. The summed E-state index contributed by atoms with van der Waals surface area (Å²) in [7, 11) is 1.37. The van der Waals surface area contributed by atoms with Crippen LogP contribution in [0.15, 0.2) is 12.1 Å². The topological polar surface area (TPSA) is 46.5 Å². The number of aliphatic carboxylic acids is 1. The smallest absolute Gasteiger partial charge is 0.303 e. The molecule has 0 atom stereocenters. The van der Waals surface area contributed by atoms with Crippen molar-refractivity contribution in [3.63, 3.8) is 0 Å². The lowest BCUT2D eigenvalue weighted by Gasteiger charge is -2.09. The minimum atomic E-state index is -0.904. The van der Waals surface area contributed by atoms with Crippen molar-refractivity contribution in [2.24, 2.45) is 0 Å². The van der Waals surface area contributed by atoms with Gasteiger partial charge >= 0.3 is 5.97 Å². The molecule has 1 aromatic rings. The third kappa shape index (κ3) is 2.94. The van der Waals surface area contributed by atoms with Crippen molar-refractivity contribution in [3.8, 4) is 5.75 Å². The zero-order chi connectivity index (χ0) is 11.4. The second-order valence-electron chi connectivity index (χ2n) is 3.33. The zero-order valence-electron chi connectivity index (χ0n) is 8.71. The van der Waals surface area contributed by atoms with Crippen LogP contribution in [0, 0.1) is 12.7 Å². The Balaban J connectivity index is 2.98. The fourth-order valence-corrected chi connectivity index (χ4v) is 1.46. The number of benzene rings is 1. The van der Waals surface area contributed by atoms with Gasteiger partial charge in [0.2, 0.25) is 0 Å². The minimum absolute atomic E-state index is 0.0285. The highest BCUT2D eigenvalue weighted by atomic mass is 19.1. The van der Waals surface area contributed by atoms with Gasteiger partial charge in [0.25, 0.3) is 0 Å². The van der Waals surface area contributed by atoms with Crippen molar-refractivity contribution in [3.05, 3.63) is 29.1 Å². The van der Waals surface area contributed by atoms with Crippen LogP contribution in [0.3, 0.4) is 0 Å². The molecule has 0 aromatic heterocycles. The summed E-state index contributed by atoms with van der Waals surface area (Å²) in [6.45, 7) is 1.76. The van der Waals surface area contributed by atoms with E-state index < -0.39 is 11.8 Å². The van der Waals surface area contributed by atoms with E-state index in [1.165, 1.54) is 13.2 Å². The van der Waals surface area contributed by atoms with Crippen LogP contribution in [0.5, 0.6) is 5.75 Å². The maximum Gasteiger partial charge on any atom is 0.303 e. The van der Waals surface area contributed by atoms with E-state index in [1.54, 1.807) is 13.0 Å². The normalized spacial score (nSPS) is 10.1. The van der Waals surface area contributed by atoms with Gasteiger partial charge in [0, 0.05) is 6.42 Å². The van der Waals surface area contributed by atoms with Gasteiger partial charge in [-0.1, -0.05) is 6.07 Å². The summed E-state index contributed by atoms with van der Waals surface area (Å²) in [5, 5.41) is 8.54. The molecular formula is C11H13FO3. The van der Waals surface area contributed by atoms with Gasteiger partial charge in [-0.3, -0.25) is 4.79 Å². The number of hydrogen-bond acceptors (Lipinski definition) is 2. The highest BCUT2D eigenvalue weighted by Gasteiger charge is 2.11. The first-order valence-electron chi connectivity index (χ1n) is 4.59. The van der Waals surface area contributed by atoms with Crippen LogP contribution in [0.4, 0.5) is 4.39 Å². The highest BCUT2D eigenvalue weighted by molar-refractivity contribution is 5.67. The van der Waals surface area contributed by atoms with Gasteiger partial charge in [-0.05, 0) is 30.5 Å². The van der Waals surface area contributed by atoms with E-state index in [0.717, 1.165) is 5.56 Å². The van der Waals surface area contributed by atoms with Gasteiger partial charge in [0.1, 0.15) is 0 Å². The maximum atomic E-state index is 13.4. The second kappa shape index (κ2) is 4.77. The molecule has 15 heavy (non-hydrogen) atoms. The summed E-state index contributed by atoms with van der Waals surface area (Å²) in [6.07, 6.45) is 0.246. The summed E-state index contributed by atoms with van der Waals surface area (Å²) in [6, 6.07) is 3.11. The van der Waals surface area contributed by atoms with E-state index in [4.69, 9.17) is 9.84 Å². The fourth-order valence-electron chi connectivity index (χ4n) is 1.46. The number of aryl methyl sites for hydroxylation is 2. The van der Waals surface area contributed by atoms with Gasteiger partial charge in [-0.25, -0.2) is 4.39 Å². The lowest BCUT2D eigenvalue weighted by molar-refractivity contribution is -0.136. The number of halogens is 1. The summed E-state index contributed by atoms with van der Waals surface area (Å²) in [4.78, 5) is 10.4. The van der Waals surface area contributed by atoms with Crippen molar-refractivity contribution in [1.29, 1.82) is 0 Å². The van der Waals surface area contributed by atoms with Crippen molar-refractivity contribution in [2.75, 3.05) is 7.11 Å². The first-order chi connectivity index (χ1) is 7.04. The van der Waals surface area contributed by atoms with E-state index in [9.17, 15) is 9.18 Å². The molecule has 0 amide bonds. The second-order valence-corrected chi connectivity index (χ2v) is 3.33. The zero-order valence-corrected chi connectivity index (χ0v) is 8.71. The molecule has 0 radical (unpaired) electrons. The molecule has 4 heteroatoms. The Hall–Kier alpha value is -1.58. The lowest BCUT2D eigenvalue weighted by Crippen LogP contribution is -2.01.